The number of carbonyl (C=O) groups is 1. The van der Waals surface area contributed by atoms with Crippen LogP contribution in [0.3, 0.4) is 0 Å². The summed E-state index contributed by atoms with van der Waals surface area (Å²) in [4.78, 5) is 12.0. The lowest BCUT2D eigenvalue weighted by Crippen LogP contribution is -2.19. The molecule has 0 saturated carbocycles. The summed E-state index contributed by atoms with van der Waals surface area (Å²) in [5.74, 6) is -0.565. The highest BCUT2D eigenvalue weighted by molar-refractivity contribution is 6.00. The van der Waals surface area contributed by atoms with E-state index < -0.39 is 0 Å². The minimum atomic E-state index is -0.300. The Morgan fingerprint density at radius 2 is 1.62 bits per heavy atom. The van der Waals surface area contributed by atoms with E-state index in [1.807, 2.05) is 26.0 Å². The first kappa shape index (κ1) is 14.9. The van der Waals surface area contributed by atoms with Crippen LogP contribution in [0.2, 0.25) is 0 Å². The average Bonchev–Trinajstić information content (AvgIpc) is 2.48. The van der Waals surface area contributed by atoms with Gasteiger partial charge >= 0.3 is 0 Å². The zero-order valence-electron chi connectivity index (χ0n) is 12.3. The molecule has 2 aromatic carbocycles. The minimum absolute atomic E-state index is 0.264. The van der Waals surface area contributed by atoms with Crippen LogP contribution >= 0.6 is 0 Å². The predicted molar refractivity (Wildman–Crippen MR) is 82.0 cm³/mol. The maximum atomic E-state index is 12.8. The van der Waals surface area contributed by atoms with E-state index in [1.165, 1.54) is 12.1 Å². The molecule has 0 heterocycles. The van der Waals surface area contributed by atoms with Crippen LogP contribution < -0.4 is 5.43 Å². The molecule has 21 heavy (non-hydrogen) atoms. The molecule has 0 bridgehead atoms. The van der Waals surface area contributed by atoms with E-state index in [-0.39, 0.29) is 11.7 Å². The fraction of sp³-hybridized carbons (Fsp3) is 0.176. The second-order valence-electron chi connectivity index (χ2n) is 4.94. The smallest absolute Gasteiger partial charge is 0.267 e. The summed E-state index contributed by atoms with van der Waals surface area (Å²) in [5, 5.41) is 4.05. The van der Waals surface area contributed by atoms with Crippen LogP contribution in [0.25, 0.3) is 0 Å². The molecule has 0 aromatic heterocycles. The van der Waals surface area contributed by atoms with Gasteiger partial charge in [-0.1, -0.05) is 18.2 Å². The van der Waals surface area contributed by atoms with Gasteiger partial charge in [0.05, 0.1) is 5.71 Å². The highest BCUT2D eigenvalue weighted by Gasteiger charge is 2.06. The third kappa shape index (κ3) is 3.75. The first-order valence-corrected chi connectivity index (χ1v) is 6.65. The van der Waals surface area contributed by atoms with E-state index in [0.717, 1.165) is 16.7 Å². The molecule has 108 valence electrons. The average molecular weight is 284 g/mol. The van der Waals surface area contributed by atoms with E-state index in [1.54, 1.807) is 25.1 Å². The summed E-state index contributed by atoms with van der Waals surface area (Å²) in [6.45, 7) is 5.71. The summed E-state index contributed by atoms with van der Waals surface area (Å²) in [7, 11) is 0. The molecular formula is C17H17FN2O. The van der Waals surface area contributed by atoms with E-state index >= 15 is 0 Å². The molecule has 0 atom stereocenters. The van der Waals surface area contributed by atoms with Gasteiger partial charge in [0.2, 0.25) is 0 Å². The Morgan fingerprint density at radius 3 is 2.24 bits per heavy atom. The molecule has 1 N–H and O–H groups in total. The number of aryl methyl sites for hydroxylation is 2. The van der Waals surface area contributed by atoms with Crippen molar-refractivity contribution in [1.82, 2.24) is 5.43 Å². The van der Waals surface area contributed by atoms with E-state index in [2.05, 4.69) is 10.5 Å². The first-order chi connectivity index (χ1) is 9.97. The van der Waals surface area contributed by atoms with Crippen molar-refractivity contribution < 1.29 is 9.18 Å². The van der Waals surface area contributed by atoms with Crippen LogP contribution in [0.5, 0.6) is 0 Å². The number of carbonyl (C=O) groups excluding carboxylic acids is 1. The third-order valence-corrected chi connectivity index (χ3v) is 3.36. The maximum absolute atomic E-state index is 12.8. The van der Waals surface area contributed by atoms with E-state index in [9.17, 15) is 9.18 Å². The number of benzene rings is 2. The number of nitrogens with zero attached hydrogens (tertiary/aromatic N) is 1. The highest BCUT2D eigenvalue weighted by Crippen LogP contribution is 2.10. The van der Waals surface area contributed by atoms with Crippen LogP contribution in [0.15, 0.2) is 47.6 Å². The predicted octanol–water partition coefficient (Wildman–Crippen LogP) is 3.60. The lowest BCUT2D eigenvalue weighted by molar-refractivity contribution is 0.0954. The second-order valence-corrected chi connectivity index (χ2v) is 4.94. The summed E-state index contributed by atoms with van der Waals surface area (Å²) >= 11 is 0. The minimum Gasteiger partial charge on any atom is -0.267 e. The topological polar surface area (TPSA) is 41.5 Å². The summed E-state index contributed by atoms with van der Waals surface area (Å²) < 4.78 is 12.8. The molecule has 0 aliphatic carbocycles. The van der Waals surface area contributed by atoms with E-state index in [4.69, 9.17) is 0 Å². The molecule has 3 nitrogen and oxygen atoms in total. The van der Waals surface area contributed by atoms with Crippen LogP contribution in [0, 0.1) is 19.7 Å². The van der Waals surface area contributed by atoms with E-state index in [0.29, 0.717) is 11.3 Å². The molecular weight excluding hydrogens is 267 g/mol. The monoisotopic (exact) mass is 284 g/mol. The third-order valence-electron chi connectivity index (χ3n) is 3.36. The quantitative estimate of drug-likeness (QED) is 0.679. The molecule has 4 heteroatoms. The molecule has 2 rings (SSSR count). The van der Waals surface area contributed by atoms with Crippen LogP contribution in [0.4, 0.5) is 4.39 Å². The van der Waals surface area contributed by atoms with Crippen molar-refractivity contribution in [1.29, 1.82) is 0 Å². The van der Waals surface area contributed by atoms with Gasteiger partial charge in [-0.3, -0.25) is 4.79 Å². The van der Waals surface area contributed by atoms with Crippen molar-refractivity contribution in [3.63, 3.8) is 0 Å². The van der Waals surface area contributed by atoms with Crippen molar-refractivity contribution in [3.8, 4) is 0 Å². The van der Waals surface area contributed by atoms with Gasteiger partial charge in [-0.15, -0.1) is 0 Å². The molecule has 0 aliphatic rings. The van der Waals surface area contributed by atoms with Crippen LogP contribution in [-0.4, -0.2) is 11.6 Å². The first-order valence-electron chi connectivity index (χ1n) is 6.65. The highest BCUT2D eigenvalue weighted by atomic mass is 19.1. The van der Waals surface area contributed by atoms with Gasteiger partial charge in [-0.25, -0.2) is 9.82 Å². The number of hydrogen-bond acceptors (Lipinski definition) is 2. The normalized spacial score (nSPS) is 11.3. The van der Waals surface area contributed by atoms with Gasteiger partial charge in [0.1, 0.15) is 5.82 Å². The van der Waals surface area contributed by atoms with Gasteiger partial charge in [0.15, 0.2) is 0 Å². The molecule has 0 aliphatic heterocycles. The Bertz CT molecular complexity index is 690. The standard InChI is InChI=1S/C17H17FN2O/c1-11-4-5-15(10-12(11)2)17(21)20-19-13(3)14-6-8-16(18)9-7-14/h4-10H,1-3H3,(H,20,21)/b19-13+. The molecule has 0 spiro atoms. The van der Waals surface area contributed by atoms with Gasteiger partial charge in [0.25, 0.3) is 5.91 Å². The lowest BCUT2D eigenvalue weighted by Gasteiger charge is -2.05. The Balaban J connectivity index is 2.10. The summed E-state index contributed by atoms with van der Waals surface area (Å²) in [5.41, 5.74) is 6.65. The Morgan fingerprint density at radius 1 is 1.00 bits per heavy atom. The zero-order chi connectivity index (χ0) is 15.4. The van der Waals surface area contributed by atoms with Crippen molar-refractivity contribution in [2.45, 2.75) is 20.8 Å². The molecule has 2 aromatic rings. The molecule has 1 amide bonds. The van der Waals surface area contributed by atoms with Gasteiger partial charge in [0, 0.05) is 5.56 Å². The maximum Gasteiger partial charge on any atom is 0.271 e. The Kier molecular flexibility index (Phi) is 4.48. The fourth-order valence-electron chi connectivity index (χ4n) is 1.84. The Labute approximate surface area is 123 Å². The van der Waals surface area contributed by atoms with Crippen molar-refractivity contribution in [2.75, 3.05) is 0 Å². The van der Waals surface area contributed by atoms with Gasteiger partial charge < -0.3 is 0 Å². The zero-order valence-corrected chi connectivity index (χ0v) is 12.3. The van der Waals surface area contributed by atoms with Crippen molar-refractivity contribution in [3.05, 3.63) is 70.5 Å². The molecule has 0 saturated heterocycles. The van der Waals surface area contributed by atoms with Crippen molar-refractivity contribution in [2.24, 2.45) is 5.10 Å². The number of halogens is 1. The number of rotatable bonds is 3. The fourth-order valence-corrected chi connectivity index (χ4v) is 1.84. The SMILES string of the molecule is C/C(=N\NC(=O)c1ccc(C)c(C)c1)c1ccc(F)cc1. The number of nitrogens with one attached hydrogen (secondary N) is 1. The molecule has 0 fully saturated rings. The summed E-state index contributed by atoms with van der Waals surface area (Å²) in [6.07, 6.45) is 0. The van der Waals surface area contributed by atoms with Gasteiger partial charge in [-0.2, -0.15) is 5.10 Å². The molecule has 0 radical (unpaired) electrons. The number of hydrazone groups is 1. The largest absolute Gasteiger partial charge is 0.271 e. The lowest BCUT2D eigenvalue weighted by atomic mass is 10.1. The molecule has 0 unspecified atom stereocenters. The van der Waals surface area contributed by atoms with Crippen LogP contribution in [0.1, 0.15) is 34.0 Å². The number of amides is 1. The summed E-state index contributed by atoms with van der Waals surface area (Å²) in [6, 6.07) is 11.5. The van der Waals surface area contributed by atoms with Crippen molar-refractivity contribution >= 4 is 11.6 Å². The Hall–Kier alpha value is -2.49. The number of hydrogen-bond donors (Lipinski definition) is 1. The van der Waals surface area contributed by atoms with Crippen LogP contribution in [-0.2, 0) is 0 Å². The van der Waals surface area contributed by atoms with Gasteiger partial charge in [-0.05, 0) is 61.7 Å². The second kappa shape index (κ2) is 6.31.